The van der Waals surface area contributed by atoms with Crippen molar-refractivity contribution in [3.8, 4) is 0 Å². The lowest BCUT2D eigenvalue weighted by Crippen LogP contribution is -2.41. The summed E-state index contributed by atoms with van der Waals surface area (Å²) in [7, 11) is -4.21. The topological polar surface area (TPSA) is 84.8 Å². The zero-order chi connectivity index (χ0) is 36.2. The summed E-state index contributed by atoms with van der Waals surface area (Å²) in [4.78, 5) is 13.8. The minimum absolute atomic E-state index is 0.0299. The maximum atomic E-state index is 14.4. The molecule has 0 amide bonds. The van der Waals surface area contributed by atoms with Crippen LogP contribution in [0.25, 0.3) is 6.08 Å². The van der Waals surface area contributed by atoms with E-state index in [2.05, 4.69) is 46.1 Å². The van der Waals surface area contributed by atoms with Crippen LogP contribution in [-0.2, 0) is 25.3 Å². The molecule has 0 bridgehead atoms. The van der Waals surface area contributed by atoms with Crippen molar-refractivity contribution in [2.45, 2.75) is 12.7 Å². The summed E-state index contributed by atoms with van der Waals surface area (Å²) in [5.41, 5.74) is 2.10. The Bertz CT molecular complexity index is 2210. The molecule has 0 heterocycles. The van der Waals surface area contributed by atoms with Gasteiger partial charge in [0, 0.05) is 5.29 Å². The Hall–Kier alpha value is -5.75. The molecule has 6 aromatic rings. The second-order valence-corrected chi connectivity index (χ2v) is 16.8. The van der Waals surface area contributed by atoms with Gasteiger partial charge in [-0.05, 0) is 52.5 Å². The molecule has 0 saturated carbocycles. The number of esters is 1. The lowest BCUT2D eigenvalue weighted by atomic mass is 10.1. The number of carbonyl (C=O) groups excluding carboxylic acids is 1. The zero-order valence-electron chi connectivity index (χ0n) is 28.7. The van der Waals surface area contributed by atoms with Crippen molar-refractivity contribution < 1.29 is 17.9 Å². The summed E-state index contributed by atoms with van der Waals surface area (Å²) in [5.74, 6) is -0.955. The van der Waals surface area contributed by atoms with Crippen LogP contribution in [0.5, 0.6) is 0 Å². The number of ether oxygens (including phenoxy) is 1. The number of carbonyl (C=O) groups is 1. The number of rotatable bonds is 12. The molecule has 0 aromatic heterocycles. The van der Waals surface area contributed by atoms with E-state index in [4.69, 9.17) is 4.74 Å². The van der Waals surface area contributed by atoms with E-state index in [-0.39, 0.29) is 23.9 Å². The Morgan fingerprint density at radius 1 is 0.635 bits per heavy atom. The van der Waals surface area contributed by atoms with Gasteiger partial charge in [-0.25, -0.2) is 13.2 Å². The monoisotopic (exact) mass is 722 g/mol. The molecule has 0 unspecified atom stereocenters. The minimum Gasteiger partial charge on any atom is -0.461 e. The van der Waals surface area contributed by atoms with Crippen LogP contribution in [0.4, 0.5) is 0 Å². The predicted molar refractivity (Wildman–Crippen MR) is 216 cm³/mol. The van der Waals surface area contributed by atoms with E-state index in [1.807, 2.05) is 121 Å². The first-order valence-electron chi connectivity index (χ1n) is 17.0. The molecule has 0 fully saturated rings. The molecule has 260 valence electrons. The van der Waals surface area contributed by atoms with E-state index >= 15 is 0 Å². The Morgan fingerprint density at radius 3 is 1.52 bits per heavy atom. The molecule has 52 heavy (non-hydrogen) atoms. The Kier molecular flexibility index (Phi) is 11.8. The number of hydrogen-bond acceptors (Lipinski definition) is 4. The summed E-state index contributed by atoms with van der Waals surface area (Å²) < 4.78 is 38.9. The fourth-order valence-corrected chi connectivity index (χ4v) is 11.8. The van der Waals surface area contributed by atoms with Crippen LogP contribution in [0.15, 0.2) is 192 Å². The summed E-state index contributed by atoms with van der Waals surface area (Å²) >= 11 is 0. The fourth-order valence-electron chi connectivity index (χ4n) is 6.15. The van der Waals surface area contributed by atoms with Gasteiger partial charge in [0.25, 0.3) is 10.0 Å². The highest BCUT2D eigenvalue weighted by Crippen LogP contribution is 2.48. The van der Waals surface area contributed by atoms with E-state index in [0.717, 1.165) is 27.0 Å². The first-order valence-corrected chi connectivity index (χ1v) is 20.4. The molecule has 0 aliphatic carbocycles. The van der Waals surface area contributed by atoms with Gasteiger partial charge in [-0.1, -0.05) is 182 Å². The molecule has 0 saturated heterocycles. The second kappa shape index (κ2) is 17.0. The maximum absolute atomic E-state index is 14.4. The van der Waals surface area contributed by atoms with Crippen molar-refractivity contribution in [2.24, 2.45) is 4.40 Å². The molecule has 6 aromatic carbocycles. The maximum Gasteiger partial charge on any atom is 0.354 e. The van der Waals surface area contributed by atoms with Gasteiger partial charge in [-0.2, -0.15) is 0 Å². The zero-order valence-corrected chi connectivity index (χ0v) is 30.5. The highest BCUT2D eigenvalue weighted by Gasteiger charge is 2.34. The second-order valence-electron chi connectivity index (χ2n) is 11.9. The minimum atomic E-state index is -4.21. The van der Waals surface area contributed by atoms with Crippen LogP contribution in [0.3, 0.4) is 0 Å². The average Bonchev–Trinajstić information content (AvgIpc) is 3.18. The molecule has 6 nitrogen and oxygen atoms in total. The van der Waals surface area contributed by atoms with Crippen molar-refractivity contribution in [3.05, 3.63) is 204 Å². The third kappa shape index (κ3) is 8.40. The molecule has 6 rings (SSSR count). The van der Waals surface area contributed by atoms with Crippen LogP contribution in [0.2, 0.25) is 0 Å². The summed E-state index contributed by atoms with van der Waals surface area (Å²) in [6.07, 6.45) is 1.66. The van der Waals surface area contributed by atoms with Crippen molar-refractivity contribution in [3.63, 3.8) is 0 Å². The van der Waals surface area contributed by atoms with Crippen LogP contribution in [-0.4, -0.2) is 32.1 Å². The standard InChI is InChI=1S/C44H39N2O4PS/c1-2-50-44(47)41(33-35-21-9-3-10-22-35)45-43(46-52(48,49)34-36-23-11-4-12-24-36)42(37-25-13-5-14-26-37)51(38-27-15-6-16-28-38,39-29-17-7-18-30-39)40-31-19-8-20-32-40/h3-33H,2,34H2,1H3,(H,45,46)/b41-33+. The first-order chi connectivity index (χ1) is 25.4. The molecule has 8 heteroatoms. The fraction of sp³-hybridized carbons (Fsp3) is 0.0682. The van der Waals surface area contributed by atoms with E-state index in [1.165, 1.54) is 0 Å². The van der Waals surface area contributed by atoms with E-state index in [9.17, 15) is 13.2 Å². The third-order valence-electron chi connectivity index (χ3n) is 8.32. The van der Waals surface area contributed by atoms with Gasteiger partial charge in [0.15, 0.2) is 5.84 Å². The van der Waals surface area contributed by atoms with E-state index < -0.39 is 22.9 Å². The van der Waals surface area contributed by atoms with Gasteiger partial charge < -0.3 is 10.1 Å². The number of nitrogens with zero attached hydrogens (tertiary/aromatic N) is 1. The first kappa shape index (κ1) is 36.1. The van der Waals surface area contributed by atoms with E-state index in [0.29, 0.717) is 10.9 Å². The average molecular weight is 723 g/mol. The quantitative estimate of drug-likeness (QED) is 0.0471. The SMILES string of the molecule is CCOC(=O)/C(=C\c1ccccc1)N/C(=N/S(=O)(=O)Cc1ccccc1)C(c1ccccc1)=P(c1ccccc1)(c1ccccc1)c1ccccc1. The van der Waals surface area contributed by atoms with Gasteiger partial charge in [-0.15, -0.1) is 4.40 Å². The predicted octanol–water partition coefficient (Wildman–Crippen LogP) is 7.32. The Labute approximate surface area is 306 Å². The summed E-state index contributed by atoms with van der Waals surface area (Å²) in [6.45, 7) is -1.16. The number of amidine groups is 1. The van der Waals surface area contributed by atoms with Crippen molar-refractivity contribution in [1.82, 2.24) is 5.32 Å². The largest absolute Gasteiger partial charge is 0.461 e. The number of sulfonamides is 1. The number of benzene rings is 6. The van der Waals surface area contributed by atoms with E-state index in [1.54, 1.807) is 37.3 Å². The molecular weight excluding hydrogens is 684 g/mol. The Balaban J connectivity index is 1.80. The molecule has 0 radical (unpaired) electrons. The molecule has 0 atom stereocenters. The van der Waals surface area contributed by atoms with Gasteiger partial charge in [0.1, 0.15) is 5.70 Å². The number of nitrogens with one attached hydrogen (secondary N) is 1. The molecule has 1 N–H and O–H groups in total. The van der Waals surface area contributed by atoms with Crippen LogP contribution < -0.4 is 21.2 Å². The summed E-state index contributed by atoms with van der Waals surface area (Å²) in [5, 5.41) is 6.86. The van der Waals surface area contributed by atoms with Crippen LogP contribution in [0, 0.1) is 0 Å². The third-order valence-corrected chi connectivity index (χ3v) is 13.8. The number of hydrogen-bond donors (Lipinski definition) is 1. The lowest BCUT2D eigenvalue weighted by molar-refractivity contribution is -0.138. The highest BCUT2D eigenvalue weighted by atomic mass is 32.2. The molecule has 0 aliphatic heterocycles. The smallest absolute Gasteiger partial charge is 0.354 e. The van der Waals surface area contributed by atoms with Crippen molar-refractivity contribution >= 4 is 56.0 Å². The van der Waals surface area contributed by atoms with Crippen molar-refractivity contribution in [1.29, 1.82) is 0 Å². The van der Waals surface area contributed by atoms with Crippen LogP contribution >= 0.6 is 6.89 Å². The van der Waals surface area contributed by atoms with Gasteiger partial charge in [0.05, 0.1) is 12.4 Å². The van der Waals surface area contributed by atoms with Crippen molar-refractivity contribution in [2.75, 3.05) is 6.61 Å². The van der Waals surface area contributed by atoms with Gasteiger partial charge in [-0.3, -0.25) is 0 Å². The van der Waals surface area contributed by atoms with Gasteiger partial charge >= 0.3 is 5.97 Å². The lowest BCUT2D eigenvalue weighted by Gasteiger charge is -2.34. The normalized spacial score (nSPS) is 12.2. The molecular formula is C44H39N2O4PS. The highest BCUT2D eigenvalue weighted by molar-refractivity contribution is 7.97. The molecule has 0 aliphatic rings. The summed E-state index contributed by atoms with van der Waals surface area (Å²) in [6, 6.07) is 58.4. The Morgan fingerprint density at radius 2 is 1.06 bits per heavy atom. The molecule has 0 spiro atoms. The van der Waals surface area contributed by atoms with Gasteiger partial charge in [0.2, 0.25) is 0 Å². The van der Waals surface area contributed by atoms with Crippen LogP contribution in [0.1, 0.15) is 23.6 Å².